The molecule has 2 heterocycles. The molecule has 0 bridgehead atoms. The smallest absolute Gasteiger partial charge is 0.257 e. The number of nitrogen functional groups attached to an aromatic ring is 1. The number of carbonyl (C=O) groups is 2. The minimum Gasteiger partial charge on any atom is -0.397 e. The van der Waals surface area contributed by atoms with Crippen molar-refractivity contribution in [1.82, 2.24) is 14.8 Å². The maximum absolute atomic E-state index is 13.5. The Labute approximate surface area is 234 Å². The summed E-state index contributed by atoms with van der Waals surface area (Å²) in [4.78, 5) is 35.6. The summed E-state index contributed by atoms with van der Waals surface area (Å²) < 4.78 is 0. The fraction of sp³-hybridized carbons (Fsp3) is 0.219. The molecular formula is C32H34N6O2. The summed E-state index contributed by atoms with van der Waals surface area (Å²) in [6.45, 7) is 5.21. The van der Waals surface area contributed by atoms with Gasteiger partial charge in [0, 0.05) is 38.1 Å². The van der Waals surface area contributed by atoms with E-state index in [-0.39, 0.29) is 11.8 Å². The summed E-state index contributed by atoms with van der Waals surface area (Å²) in [6, 6.07) is 26.1. The molecule has 4 N–H and O–H groups in total. The van der Waals surface area contributed by atoms with E-state index in [0.29, 0.717) is 22.6 Å². The maximum Gasteiger partial charge on any atom is 0.257 e. The van der Waals surface area contributed by atoms with Gasteiger partial charge in [0.2, 0.25) is 5.91 Å². The van der Waals surface area contributed by atoms with Gasteiger partial charge in [-0.05, 0) is 61.5 Å². The van der Waals surface area contributed by atoms with Crippen molar-refractivity contribution in [3.63, 3.8) is 0 Å². The van der Waals surface area contributed by atoms with Crippen molar-refractivity contribution in [2.45, 2.75) is 13.0 Å². The van der Waals surface area contributed by atoms with Gasteiger partial charge in [-0.15, -0.1) is 0 Å². The number of pyridine rings is 1. The first-order chi connectivity index (χ1) is 19.4. The van der Waals surface area contributed by atoms with Gasteiger partial charge in [0.1, 0.15) is 6.04 Å². The van der Waals surface area contributed by atoms with Gasteiger partial charge in [-0.1, -0.05) is 54.1 Å². The number of anilines is 3. The normalized spacial score (nSPS) is 14.8. The summed E-state index contributed by atoms with van der Waals surface area (Å²) in [7, 11) is 2.08. The largest absolute Gasteiger partial charge is 0.397 e. The van der Waals surface area contributed by atoms with Crippen LogP contribution in [-0.2, 0) is 4.79 Å². The lowest BCUT2D eigenvalue weighted by Crippen LogP contribution is -2.49. The summed E-state index contributed by atoms with van der Waals surface area (Å²) in [5.74, 6) is -0.472. The van der Waals surface area contributed by atoms with E-state index in [0.717, 1.165) is 48.6 Å². The first-order valence-corrected chi connectivity index (χ1v) is 13.4. The third-order valence-corrected chi connectivity index (χ3v) is 7.21. The molecule has 1 aliphatic heterocycles. The zero-order valence-electron chi connectivity index (χ0n) is 22.8. The second-order valence-corrected chi connectivity index (χ2v) is 10.2. The van der Waals surface area contributed by atoms with Crippen LogP contribution in [0.3, 0.4) is 0 Å². The molecule has 0 spiro atoms. The molecule has 5 rings (SSSR count). The predicted molar refractivity (Wildman–Crippen MR) is 160 cm³/mol. The number of aromatic nitrogens is 1. The van der Waals surface area contributed by atoms with Crippen molar-refractivity contribution in [3.8, 4) is 11.1 Å². The summed E-state index contributed by atoms with van der Waals surface area (Å²) in [6.07, 6.45) is 1.52. The molecule has 2 amide bonds. The molecule has 204 valence electrons. The molecular weight excluding hydrogens is 500 g/mol. The molecule has 8 nitrogen and oxygen atoms in total. The van der Waals surface area contributed by atoms with E-state index in [1.54, 1.807) is 18.2 Å². The molecule has 1 aromatic heterocycles. The molecule has 1 aliphatic rings. The number of hydrogen-bond donors (Lipinski definition) is 3. The standard InChI is InChI=1S/C32H34N6O2/c1-22-8-12-26(13-9-22)35-32(40)30(38-18-16-37(2)17-19-38)28-15-11-25(21-34-28)31(39)36-29-20-24(10-14-27(29)33)23-6-4-3-5-7-23/h3-15,20-21,30H,16-19,33H2,1-2H3,(H,35,40)(H,36,39). The topological polar surface area (TPSA) is 104 Å². The SMILES string of the molecule is Cc1ccc(NC(=O)C(c2ccc(C(=O)Nc3cc(-c4ccccc4)ccc3N)cn2)N2CCN(C)CC2)cc1. The molecule has 0 aliphatic carbocycles. The van der Waals surface area contributed by atoms with E-state index in [4.69, 9.17) is 5.73 Å². The number of nitrogens with zero attached hydrogens (tertiary/aromatic N) is 3. The molecule has 40 heavy (non-hydrogen) atoms. The van der Waals surface area contributed by atoms with Gasteiger partial charge in [-0.3, -0.25) is 19.5 Å². The number of hydrogen-bond acceptors (Lipinski definition) is 6. The van der Waals surface area contributed by atoms with Gasteiger partial charge in [0.15, 0.2) is 0 Å². The Morgan fingerprint density at radius 1 is 0.850 bits per heavy atom. The van der Waals surface area contributed by atoms with E-state index in [1.165, 1.54) is 6.20 Å². The highest BCUT2D eigenvalue weighted by molar-refractivity contribution is 6.06. The van der Waals surface area contributed by atoms with Crippen LogP contribution in [0.1, 0.15) is 27.7 Å². The molecule has 3 aromatic carbocycles. The van der Waals surface area contributed by atoms with Crippen molar-refractivity contribution >= 4 is 28.9 Å². The zero-order chi connectivity index (χ0) is 28.1. The highest BCUT2D eigenvalue weighted by Crippen LogP contribution is 2.28. The Kier molecular flexibility index (Phi) is 8.19. The van der Waals surface area contributed by atoms with Crippen molar-refractivity contribution in [2.75, 3.05) is 49.6 Å². The van der Waals surface area contributed by atoms with Crippen LogP contribution in [0, 0.1) is 6.92 Å². The lowest BCUT2D eigenvalue weighted by molar-refractivity contribution is -0.122. The zero-order valence-corrected chi connectivity index (χ0v) is 22.8. The summed E-state index contributed by atoms with van der Waals surface area (Å²) in [5.41, 5.74) is 12.0. The predicted octanol–water partition coefficient (Wildman–Crippen LogP) is 4.82. The molecule has 1 saturated heterocycles. The summed E-state index contributed by atoms with van der Waals surface area (Å²) >= 11 is 0. The van der Waals surface area contributed by atoms with Crippen LogP contribution in [0.2, 0.25) is 0 Å². The number of aryl methyl sites for hydroxylation is 1. The average molecular weight is 535 g/mol. The lowest BCUT2D eigenvalue weighted by atomic mass is 10.0. The Bertz CT molecular complexity index is 1460. The van der Waals surface area contributed by atoms with Gasteiger partial charge in [0.25, 0.3) is 5.91 Å². The van der Waals surface area contributed by atoms with E-state index < -0.39 is 6.04 Å². The van der Waals surface area contributed by atoms with Crippen LogP contribution >= 0.6 is 0 Å². The van der Waals surface area contributed by atoms with Gasteiger partial charge >= 0.3 is 0 Å². The monoisotopic (exact) mass is 534 g/mol. The lowest BCUT2D eigenvalue weighted by Gasteiger charge is -2.36. The Morgan fingerprint density at radius 2 is 1.57 bits per heavy atom. The maximum atomic E-state index is 13.5. The van der Waals surface area contributed by atoms with Crippen molar-refractivity contribution in [2.24, 2.45) is 0 Å². The van der Waals surface area contributed by atoms with Crippen LogP contribution in [0.15, 0.2) is 91.1 Å². The first kappa shape index (κ1) is 27.1. The quantitative estimate of drug-likeness (QED) is 0.294. The van der Waals surface area contributed by atoms with E-state index in [2.05, 4.69) is 32.5 Å². The van der Waals surface area contributed by atoms with E-state index in [9.17, 15) is 9.59 Å². The second kappa shape index (κ2) is 12.1. The van der Waals surface area contributed by atoms with Gasteiger partial charge in [-0.2, -0.15) is 0 Å². The van der Waals surface area contributed by atoms with Gasteiger partial charge in [0.05, 0.1) is 22.6 Å². The molecule has 0 saturated carbocycles. The number of likely N-dealkylation sites (N-methyl/N-ethyl adjacent to an activating group) is 1. The first-order valence-electron chi connectivity index (χ1n) is 13.4. The third-order valence-electron chi connectivity index (χ3n) is 7.21. The number of rotatable bonds is 7. The van der Waals surface area contributed by atoms with Crippen LogP contribution in [0.5, 0.6) is 0 Å². The Morgan fingerprint density at radius 3 is 2.25 bits per heavy atom. The van der Waals surface area contributed by atoms with Gasteiger partial charge < -0.3 is 21.3 Å². The molecule has 0 radical (unpaired) electrons. The molecule has 1 atom stereocenters. The molecule has 8 heteroatoms. The number of amides is 2. The fourth-order valence-corrected chi connectivity index (χ4v) is 4.79. The van der Waals surface area contributed by atoms with Crippen LogP contribution in [-0.4, -0.2) is 59.8 Å². The fourth-order valence-electron chi connectivity index (χ4n) is 4.79. The number of carbonyl (C=O) groups excluding carboxylic acids is 2. The molecule has 4 aromatic rings. The third kappa shape index (κ3) is 6.36. The minimum absolute atomic E-state index is 0.149. The number of piperazine rings is 1. The van der Waals surface area contributed by atoms with Crippen molar-refractivity contribution < 1.29 is 9.59 Å². The van der Waals surface area contributed by atoms with Crippen LogP contribution in [0.4, 0.5) is 17.1 Å². The Hall–Kier alpha value is -4.53. The second-order valence-electron chi connectivity index (χ2n) is 10.2. The number of nitrogens with one attached hydrogen (secondary N) is 2. The summed E-state index contributed by atoms with van der Waals surface area (Å²) in [5, 5.41) is 5.96. The average Bonchev–Trinajstić information content (AvgIpc) is 2.97. The van der Waals surface area contributed by atoms with Gasteiger partial charge in [-0.25, -0.2) is 0 Å². The molecule has 1 unspecified atom stereocenters. The Balaban J connectivity index is 1.35. The van der Waals surface area contributed by atoms with Crippen molar-refractivity contribution in [1.29, 1.82) is 0 Å². The van der Waals surface area contributed by atoms with E-state index >= 15 is 0 Å². The van der Waals surface area contributed by atoms with E-state index in [1.807, 2.05) is 73.7 Å². The van der Waals surface area contributed by atoms with Crippen LogP contribution in [0.25, 0.3) is 11.1 Å². The molecule has 1 fully saturated rings. The highest BCUT2D eigenvalue weighted by atomic mass is 16.2. The van der Waals surface area contributed by atoms with Crippen molar-refractivity contribution in [3.05, 3.63) is 108 Å². The number of benzene rings is 3. The van der Waals surface area contributed by atoms with Crippen LogP contribution < -0.4 is 16.4 Å². The highest BCUT2D eigenvalue weighted by Gasteiger charge is 2.31. The number of nitrogens with two attached hydrogens (primary N) is 1. The minimum atomic E-state index is -0.578.